The Morgan fingerprint density at radius 2 is 1.96 bits per heavy atom. The molecule has 0 fully saturated rings. The van der Waals surface area contributed by atoms with E-state index in [1.54, 1.807) is 30.3 Å². The number of rotatable bonds is 5. The third kappa shape index (κ3) is 3.78. The van der Waals surface area contributed by atoms with Crippen LogP contribution in [-0.4, -0.2) is 28.3 Å². The second kappa shape index (κ2) is 7.34. The summed E-state index contributed by atoms with van der Waals surface area (Å²) in [6.45, 7) is 1.52. The van der Waals surface area contributed by atoms with Crippen molar-refractivity contribution in [1.29, 1.82) is 0 Å². The molecule has 2 heterocycles. The molecule has 9 nitrogen and oxygen atoms in total. The molecule has 0 aliphatic rings. The molecule has 0 bridgehead atoms. The Morgan fingerprint density at radius 3 is 2.58 bits per heavy atom. The topological polar surface area (TPSA) is 130 Å². The molecular formula is C17H14N4O5. The first kappa shape index (κ1) is 17.0. The number of hydrazone groups is 1. The Kier molecular flexibility index (Phi) is 4.79. The highest BCUT2D eigenvalue weighted by molar-refractivity contribution is 5.94. The number of furan rings is 1. The largest absolute Gasteiger partial charge is 0.457 e. The van der Waals surface area contributed by atoms with Crippen molar-refractivity contribution in [2.24, 2.45) is 5.10 Å². The van der Waals surface area contributed by atoms with Gasteiger partial charge in [0.15, 0.2) is 0 Å². The molecule has 3 aromatic rings. The summed E-state index contributed by atoms with van der Waals surface area (Å²) in [4.78, 5) is 34.9. The summed E-state index contributed by atoms with van der Waals surface area (Å²) in [5.41, 5.74) is 3.01. The second-order valence-corrected chi connectivity index (χ2v) is 5.21. The Labute approximate surface area is 146 Å². The molecule has 0 unspecified atom stereocenters. The zero-order valence-corrected chi connectivity index (χ0v) is 13.6. The van der Waals surface area contributed by atoms with Crippen molar-refractivity contribution in [1.82, 2.24) is 15.6 Å². The van der Waals surface area contributed by atoms with Gasteiger partial charge in [-0.3, -0.25) is 19.8 Å². The van der Waals surface area contributed by atoms with Gasteiger partial charge < -0.3 is 9.15 Å². The number of hydrogen-bond acceptors (Lipinski definition) is 6. The van der Waals surface area contributed by atoms with Crippen LogP contribution in [0.15, 0.2) is 57.0 Å². The van der Waals surface area contributed by atoms with Gasteiger partial charge in [0, 0.05) is 5.56 Å². The number of ether oxygens (including phenoxy) is 1. The molecule has 0 aliphatic heterocycles. The molecule has 1 aromatic carbocycles. The van der Waals surface area contributed by atoms with E-state index in [0.717, 1.165) is 0 Å². The fourth-order valence-electron chi connectivity index (χ4n) is 2.04. The quantitative estimate of drug-likeness (QED) is 0.277. The molecule has 0 radical (unpaired) electrons. The van der Waals surface area contributed by atoms with E-state index < -0.39 is 11.9 Å². The number of benzene rings is 1. The van der Waals surface area contributed by atoms with Gasteiger partial charge in [-0.25, -0.2) is 10.2 Å². The minimum Gasteiger partial charge on any atom is -0.457 e. The molecule has 3 rings (SSSR count). The predicted octanol–water partition coefficient (Wildman–Crippen LogP) is 1.59. The van der Waals surface area contributed by atoms with Crippen LogP contribution in [0.25, 0.3) is 0 Å². The number of esters is 1. The number of amides is 1. The average molecular weight is 354 g/mol. The number of hydrogen-bond donors (Lipinski definition) is 3. The van der Waals surface area contributed by atoms with Crippen LogP contribution in [0.5, 0.6) is 5.75 Å². The Morgan fingerprint density at radius 1 is 1.19 bits per heavy atom. The van der Waals surface area contributed by atoms with E-state index in [2.05, 4.69) is 20.7 Å². The number of aromatic amines is 2. The van der Waals surface area contributed by atoms with Gasteiger partial charge in [0.05, 0.1) is 12.5 Å². The molecule has 3 N–H and O–H groups in total. The van der Waals surface area contributed by atoms with Gasteiger partial charge in [0.1, 0.15) is 11.4 Å². The van der Waals surface area contributed by atoms with E-state index in [-0.39, 0.29) is 22.6 Å². The maximum atomic E-state index is 11.9. The molecule has 9 heteroatoms. The summed E-state index contributed by atoms with van der Waals surface area (Å²) in [7, 11) is 0. The molecule has 0 saturated heterocycles. The van der Waals surface area contributed by atoms with Crippen molar-refractivity contribution >= 4 is 18.1 Å². The highest BCUT2D eigenvalue weighted by atomic mass is 16.5. The highest BCUT2D eigenvalue weighted by Gasteiger charge is 2.13. The van der Waals surface area contributed by atoms with Crippen LogP contribution >= 0.6 is 0 Å². The van der Waals surface area contributed by atoms with Gasteiger partial charge in [0.25, 0.3) is 11.5 Å². The minimum absolute atomic E-state index is 0.108. The van der Waals surface area contributed by atoms with Crippen molar-refractivity contribution in [2.45, 2.75) is 6.92 Å². The predicted molar refractivity (Wildman–Crippen MR) is 91.3 cm³/mol. The first-order valence-corrected chi connectivity index (χ1v) is 7.51. The molecule has 0 aliphatic carbocycles. The van der Waals surface area contributed by atoms with Crippen molar-refractivity contribution in [3.63, 3.8) is 0 Å². The third-order valence-electron chi connectivity index (χ3n) is 3.44. The highest BCUT2D eigenvalue weighted by Crippen LogP contribution is 2.13. The van der Waals surface area contributed by atoms with Crippen LogP contribution in [0.1, 0.15) is 32.2 Å². The zero-order valence-electron chi connectivity index (χ0n) is 13.6. The van der Waals surface area contributed by atoms with Gasteiger partial charge in [0.2, 0.25) is 5.76 Å². The first-order chi connectivity index (χ1) is 12.5. The molecule has 0 spiro atoms. The Balaban J connectivity index is 1.58. The Bertz CT molecular complexity index is 997. The summed E-state index contributed by atoms with van der Waals surface area (Å²) < 4.78 is 10.1. The summed E-state index contributed by atoms with van der Waals surface area (Å²) in [5, 5.41) is 8.61. The smallest absolute Gasteiger partial charge is 0.379 e. The molecule has 132 valence electrons. The third-order valence-corrected chi connectivity index (χ3v) is 3.44. The van der Waals surface area contributed by atoms with Crippen LogP contribution in [-0.2, 0) is 0 Å². The maximum Gasteiger partial charge on any atom is 0.379 e. The Hall–Kier alpha value is -3.88. The minimum atomic E-state index is -0.598. The lowest BCUT2D eigenvalue weighted by atomic mass is 10.2. The van der Waals surface area contributed by atoms with E-state index >= 15 is 0 Å². The number of carbonyl (C=O) groups is 2. The van der Waals surface area contributed by atoms with Crippen molar-refractivity contribution < 1.29 is 18.7 Å². The van der Waals surface area contributed by atoms with Gasteiger partial charge >= 0.3 is 5.97 Å². The van der Waals surface area contributed by atoms with Gasteiger partial charge in [-0.05, 0) is 48.9 Å². The summed E-state index contributed by atoms with van der Waals surface area (Å²) in [5.74, 6) is -0.690. The SMILES string of the molecule is Cc1c(C(=O)N/N=C\c2ccc(OC(=O)c3ccco3)cc2)[nH][nH]c1=O. The molecule has 1 amide bonds. The molecule has 2 aromatic heterocycles. The molecule has 0 saturated carbocycles. The lowest BCUT2D eigenvalue weighted by Crippen LogP contribution is -2.19. The summed E-state index contributed by atoms with van der Waals surface area (Å²) >= 11 is 0. The van der Waals surface area contributed by atoms with Crippen LogP contribution < -0.4 is 15.7 Å². The number of H-pyrrole nitrogens is 2. The van der Waals surface area contributed by atoms with Gasteiger partial charge in [-0.1, -0.05) is 0 Å². The van der Waals surface area contributed by atoms with Crippen LogP contribution in [0.3, 0.4) is 0 Å². The number of nitrogens with one attached hydrogen (secondary N) is 3. The summed E-state index contributed by atoms with van der Waals surface area (Å²) in [6.07, 6.45) is 2.80. The van der Waals surface area contributed by atoms with Gasteiger partial charge in [-0.2, -0.15) is 5.10 Å². The van der Waals surface area contributed by atoms with Crippen LogP contribution in [0.2, 0.25) is 0 Å². The van der Waals surface area contributed by atoms with Crippen molar-refractivity contribution in [3.05, 3.63) is 75.6 Å². The van der Waals surface area contributed by atoms with E-state index in [1.165, 1.54) is 25.5 Å². The second-order valence-electron chi connectivity index (χ2n) is 5.21. The zero-order chi connectivity index (χ0) is 18.5. The molecule has 26 heavy (non-hydrogen) atoms. The van der Waals surface area contributed by atoms with E-state index in [1.807, 2.05) is 0 Å². The maximum absolute atomic E-state index is 11.9. The first-order valence-electron chi connectivity index (χ1n) is 7.51. The lowest BCUT2D eigenvalue weighted by molar-refractivity contribution is 0.0701. The normalized spacial score (nSPS) is 10.8. The van der Waals surface area contributed by atoms with E-state index in [9.17, 15) is 14.4 Å². The van der Waals surface area contributed by atoms with Crippen LogP contribution in [0.4, 0.5) is 0 Å². The number of nitrogens with zero attached hydrogens (tertiary/aromatic N) is 1. The number of carbonyl (C=O) groups excluding carboxylic acids is 2. The average Bonchev–Trinajstić information content (AvgIpc) is 3.28. The summed E-state index contributed by atoms with van der Waals surface area (Å²) in [6, 6.07) is 9.57. The monoisotopic (exact) mass is 354 g/mol. The fraction of sp³-hybridized carbons (Fsp3) is 0.0588. The fourth-order valence-corrected chi connectivity index (χ4v) is 2.04. The van der Waals surface area contributed by atoms with Gasteiger partial charge in [-0.15, -0.1) is 0 Å². The van der Waals surface area contributed by atoms with Crippen LogP contribution in [0, 0.1) is 6.92 Å². The van der Waals surface area contributed by atoms with E-state index in [0.29, 0.717) is 11.3 Å². The molecule has 0 atom stereocenters. The van der Waals surface area contributed by atoms with E-state index in [4.69, 9.17) is 9.15 Å². The van der Waals surface area contributed by atoms with Crippen molar-refractivity contribution in [2.75, 3.05) is 0 Å². The molecular weight excluding hydrogens is 340 g/mol. The van der Waals surface area contributed by atoms with Crippen molar-refractivity contribution in [3.8, 4) is 5.75 Å². The lowest BCUT2D eigenvalue weighted by Gasteiger charge is -2.02. The number of aromatic nitrogens is 2. The standard InChI is InChI=1S/C17H14N4O5/c1-10-14(19-21-15(10)22)16(23)20-18-9-11-4-6-12(7-5-11)26-17(24)13-3-2-8-25-13/h2-9H,1H3,(H,20,23)(H2,19,21,22)/b18-9-.